The Kier molecular flexibility index (Phi) is 6.22. The summed E-state index contributed by atoms with van der Waals surface area (Å²) in [7, 11) is 0. The highest BCUT2D eigenvalue weighted by atomic mass is 16.3. The van der Waals surface area contributed by atoms with Gasteiger partial charge in [-0.25, -0.2) is 0 Å². The van der Waals surface area contributed by atoms with Gasteiger partial charge in [0, 0.05) is 42.9 Å². The first-order valence-corrected chi connectivity index (χ1v) is 10.3. The SMILES string of the molecule is NCCN1CCC(CC(=O)NC(c2cccnc2)c2cc3ccccc3o2)CC1. The topological polar surface area (TPSA) is 84.4 Å². The molecule has 1 fully saturated rings. The Morgan fingerprint density at radius 1 is 1.24 bits per heavy atom. The highest BCUT2D eigenvalue weighted by Gasteiger charge is 2.25. The highest BCUT2D eigenvalue weighted by Crippen LogP contribution is 2.29. The number of likely N-dealkylation sites (tertiary alicyclic amines) is 1. The fraction of sp³-hybridized carbons (Fsp3) is 0.391. The molecular formula is C23H28N4O2. The zero-order valence-corrected chi connectivity index (χ0v) is 16.6. The lowest BCUT2D eigenvalue weighted by atomic mass is 9.93. The van der Waals surface area contributed by atoms with Crippen LogP contribution >= 0.6 is 0 Å². The molecule has 6 heteroatoms. The van der Waals surface area contributed by atoms with E-state index in [-0.39, 0.29) is 11.9 Å². The summed E-state index contributed by atoms with van der Waals surface area (Å²) in [6.07, 6.45) is 6.12. The molecule has 0 spiro atoms. The van der Waals surface area contributed by atoms with Crippen LogP contribution in [0, 0.1) is 5.92 Å². The number of nitrogens with two attached hydrogens (primary N) is 1. The summed E-state index contributed by atoms with van der Waals surface area (Å²) in [6, 6.07) is 13.4. The molecule has 4 rings (SSSR count). The van der Waals surface area contributed by atoms with Gasteiger partial charge in [0.2, 0.25) is 5.91 Å². The number of benzene rings is 1. The van der Waals surface area contributed by atoms with E-state index in [9.17, 15) is 4.79 Å². The van der Waals surface area contributed by atoms with Crippen LogP contribution in [0.1, 0.15) is 36.6 Å². The second-order valence-corrected chi connectivity index (χ2v) is 7.75. The molecule has 1 amide bonds. The Labute approximate surface area is 171 Å². The normalized spacial score (nSPS) is 16.7. The number of para-hydroxylation sites is 1. The van der Waals surface area contributed by atoms with Crippen molar-refractivity contribution in [1.29, 1.82) is 0 Å². The first kappa shape index (κ1) is 19.6. The third kappa shape index (κ3) is 4.83. The van der Waals surface area contributed by atoms with E-state index in [1.54, 1.807) is 12.4 Å². The van der Waals surface area contributed by atoms with Gasteiger partial charge in [-0.1, -0.05) is 24.3 Å². The Morgan fingerprint density at radius 3 is 2.79 bits per heavy atom. The molecule has 3 N–H and O–H groups in total. The predicted octanol–water partition coefficient (Wildman–Crippen LogP) is 3.09. The molecule has 152 valence electrons. The smallest absolute Gasteiger partial charge is 0.221 e. The van der Waals surface area contributed by atoms with Crippen molar-refractivity contribution in [1.82, 2.24) is 15.2 Å². The summed E-state index contributed by atoms with van der Waals surface area (Å²) in [4.78, 5) is 19.5. The maximum Gasteiger partial charge on any atom is 0.221 e. The molecule has 0 bridgehead atoms. The number of carbonyl (C=O) groups is 1. The van der Waals surface area contributed by atoms with Gasteiger partial charge in [0.1, 0.15) is 17.4 Å². The number of furan rings is 1. The predicted molar refractivity (Wildman–Crippen MR) is 113 cm³/mol. The van der Waals surface area contributed by atoms with Crippen molar-refractivity contribution in [3.8, 4) is 0 Å². The summed E-state index contributed by atoms with van der Waals surface area (Å²) in [5.41, 5.74) is 7.38. The molecule has 1 aliphatic rings. The fourth-order valence-electron chi connectivity index (χ4n) is 4.09. The van der Waals surface area contributed by atoms with Gasteiger partial charge in [-0.15, -0.1) is 0 Å². The Bertz CT molecular complexity index is 899. The van der Waals surface area contributed by atoms with E-state index in [2.05, 4.69) is 15.2 Å². The van der Waals surface area contributed by atoms with Gasteiger partial charge in [0.25, 0.3) is 0 Å². The molecular weight excluding hydrogens is 364 g/mol. The zero-order chi connectivity index (χ0) is 20.1. The Hall–Kier alpha value is -2.70. The Balaban J connectivity index is 1.47. The Morgan fingerprint density at radius 2 is 2.07 bits per heavy atom. The van der Waals surface area contributed by atoms with E-state index in [1.165, 1.54) is 0 Å². The monoisotopic (exact) mass is 392 g/mol. The molecule has 1 saturated heterocycles. The quantitative estimate of drug-likeness (QED) is 0.645. The van der Waals surface area contributed by atoms with Crippen molar-refractivity contribution in [2.75, 3.05) is 26.2 Å². The number of nitrogens with one attached hydrogen (secondary N) is 1. The van der Waals surface area contributed by atoms with Crippen LogP contribution in [-0.4, -0.2) is 42.0 Å². The fourth-order valence-corrected chi connectivity index (χ4v) is 4.09. The number of aromatic nitrogens is 1. The number of pyridine rings is 1. The molecule has 0 radical (unpaired) electrons. The molecule has 2 aromatic heterocycles. The minimum Gasteiger partial charge on any atom is -0.459 e. The number of carbonyl (C=O) groups excluding carboxylic acids is 1. The van der Waals surface area contributed by atoms with Crippen molar-refractivity contribution in [3.63, 3.8) is 0 Å². The third-order valence-corrected chi connectivity index (χ3v) is 5.68. The summed E-state index contributed by atoms with van der Waals surface area (Å²) in [5, 5.41) is 4.21. The van der Waals surface area contributed by atoms with Crippen LogP contribution in [0.4, 0.5) is 0 Å². The third-order valence-electron chi connectivity index (χ3n) is 5.68. The standard InChI is InChI=1S/C23H28N4O2/c24-9-13-27-11-7-17(8-12-27)14-22(28)26-23(19-5-3-10-25-16-19)21-15-18-4-1-2-6-20(18)29-21/h1-6,10,15-17,23H,7-9,11-14,24H2,(H,26,28). The molecule has 1 atom stereocenters. The van der Waals surface area contributed by atoms with Gasteiger partial charge in [-0.05, 0) is 50.0 Å². The van der Waals surface area contributed by atoms with E-state index < -0.39 is 0 Å². The van der Waals surface area contributed by atoms with Crippen LogP contribution in [0.15, 0.2) is 59.3 Å². The van der Waals surface area contributed by atoms with Crippen molar-refractivity contribution >= 4 is 16.9 Å². The molecule has 3 aromatic rings. The first-order valence-electron chi connectivity index (χ1n) is 10.3. The van der Waals surface area contributed by atoms with Crippen molar-refractivity contribution in [2.45, 2.75) is 25.3 Å². The lowest BCUT2D eigenvalue weighted by Gasteiger charge is -2.31. The average Bonchev–Trinajstić information content (AvgIpc) is 3.18. The van der Waals surface area contributed by atoms with Crippen molar-refractivity contribution in [2.24, 2.45) is 11.7 Å². The van der Waals surface area contributed by atoms with E-state index in [0.29, 0.717) is 18.9 Å². The molecule has 1 aliphatic heterocycles. The minimum atomic E-state index is -0.346. The molecule has 1 aromatic carbocycles. The molecule has 3 heterocycles. The van der Waals surface area contributed by atoms with E-state index in [1.807, 2.05) is 42.5 Å². The van der Waals surface area contributed by atoms with E-state index in [4.69, 9.17) is 10.2 Å². The van der Waals surface area contributed by atoms with Gasteiger partial charge in [0.15, 0.2) is 0 Å². The van der Waals surface area contributed by atoms with Gasteiger partial charge in [-0.3, -0.25) is 9.78 Å². The average molecular weight is 393 g/mol. The largest absolute Gasteiger partial charge is 0.459 e. The number of hydrogen-bond donors (Lipinski definition) is 2. The summed E-state index contributed by atoms with van der Waals surface area (Å²) >= 11 is 0. The molecule has 1 unspecified atom stereocenters. The van der Waals surface area contributed by atoms with Crippen LogP contribution < -0.4 is 11.1 Å². The number of fused-ring (bicyclic) bond motifs is 1. The summed E-state index contributed by atoms with van der Waals surface area (Å²) in [6.45, 7) is 3.67. The lowest BCUT2D eigenvalue weighted by molar-refractivity contribution is -0.123. The number of piperidine rings is 1. The lowest BCUT2D eigenvalue weighted by Crippen LogP contribution is -2.38. The van der Waals surface area contributed by atoms with Gasteiger partial charge in [0.05, 0.1) is 0 Å². The van der Waals surface area contributed by atoms with Gasteiger partial charge in [-0.2, -0.15) is 0 Å². The number of rotatable bonds is 7. The maximum atomic E-state index is 12.9. The second-order valence-electron chi connectivity index (χ2n) is 7.75. The minimum absolute atomic E-state index is 0.0524. The van der Waals surface area contributed by atoms with Crippen LogP contribution in [0.25, 0.3) is 11.0 Å². The summed E-state index contributed by atoms with van der Waals surface area (Å²) in [5.74, 6) is 1.19. The van der Waals surface area contributed by atoms with Crippen LogP contribution in [0.3, 0.4) is 0 Å². The van der Waals surface area contributed by atoms with Crippen molar-refractivity contribution in [3.05, 3.63) is 66.2 Å². The van der Waals surface area contributed by atoms with E-state index >= 15 is 0 Å². The molecule has 0 aliphatic carbocycles. The van der Waals surface area contributed by atoms with E-state index in [0.717, 1.165) is 54.8 Å². The molecule has 6 nitrogen and oxygen atoms in total. The van der Waals surface area contributed by atoms with Crippen molar-refractivity contribution < 1.29 is 9.21 Å². The first-order chi connectivity index (χ1) is 14.2. The number of nitrogens with zero attached hydrogens (tertiary/aromatic N) is 2. The maximum absolute atomic E-state index is 12.9. The van der Waals surface area contributed by atoms with Gasteiger partial charge >= 0.3 is 0 Å². The second kappa shape index (κ2) is 9.20. The number of amides is 1. The number of hydrogen-bond acceptors (Lipinski definition) is 5. The van der Waals surface area contributed by atoms with Crippen LogP contribution in [0.5, 0.6) is 0 Å². The van der Waals surface area contributed by atoms with Gasteiger partial charge < -0.3 is 20.4 Å². The summed E-state index contributed by atoms with van der Waals surface area (Å²) < 4.78 is 6.06. The van der Waals surface area contributed by atoms with Crippen LogP contribution in [-0.2, 0) is 4.79 Å². The molecule has 29 heavy (non-hydrogen) atoms. The highest BCUT2D eigenvalue weighted by molar-refractivity contribution is 5.79. The zero-order valence-electron chi connectivity index (χ0n) is 16.6. The molecule has 0 saturated carbocycles. The van der Waals surface area contributed by atoms with Crippen LogP contribution in [0.2, 0.25) is 0 Å².